The maximum absolute atomic E-state index is 5.12. The van der Waals surface area contributed by atoms with Crippen molar-refractivity contribution in [2.75, 3.05) is 0 Å². The molecule has 0 bridgehead atoms. The molecular weight excluding hydrogens is 665 g/mol. The minimum Gasteiger partial charge on any atom is -0.292 e. The van der Waals surface area contributed by atoms with Crippen LogP contribution in [0.3, 0.4) is 0 Å². The molecule has 0 spiro atoms. The van der Waals surface area contributed by atoms with E-state index in [0.29, 0.717) is 11.8 Å². The lowest BCUT2D eigenvalue weighted by Crippen LogP contribution is -2.11. The first kappa shape index (κ1) is 31.5. The number of hydrogen-bond donors (Lipinski definition) is 0. The van der Waals surface area contributed by atoms with E-state index in [1.54, 1.807) is 0 Å². The van der Waals surface area contributed by atoms with E-state index >= 15 is 0 Å². The fourth-order valence-corrected chi connectivity index (χ4v) is 8.84. The third-order valence-electron chi connectivity index (χ3n) is 11.5. The molecule has 0 saturated carbocycles. The molecule has 258 valence electrons. The molecule has 2 nitrogen and oxygen atoms in total. The second kappa shape index (κ2) is 12.8. The second-order valence-electron chi connectivity index (χ2n) is 14.7. The lowest BCUT2D eigenvalue weighted by atomic mass is 9.78. The minimum atomic E-state index is 0.342. The van der Waals surface area contributed by atoms with Gasteiger partial charge in [0.05, 0.1) is 11.0 Å². The average molecular weight is 701 g/mol. The fourth-order valence-electron chi connectivity index (χ4n) is 8.84. The molecule has 0 amide bonds. The summed E-state index contributed by atoms with van der Waals surface area (Å²) in [6.45, 7) is 0. The van der Waals surface area contributed by atoms with Crippen LogP contribution in [0.5, 0.6) is 0 Å². The van der Waals surface area contributed by atoms with Crippen molar-refractivity contribution < 1.29 is 0 Å². The summed E-state index contributed by atoms with van der Waals surface area (Å²) in [5.41, 5.74) is 11.7. The molecule has 2 heteroatoms. The number of imidazole rings is 1. The predicted octanol–water partition coefficient (Wildman–Crippen LogP) is 13.8. The van der Waals surface area contributed by atoms with E-state index in [2.05, 4.69) is 211 Å². The van der Waals surface area contributed by atoms with Crippen LogP contribution in [0.25, 0.3) is 88.3 Å². The smallest absolute Gasteiger partial charge is 0.145 e. The minimum absolute atomic E-state index is 0.342. The third-order valence-corrected chi connectivity index (χ3v) is 11.5. The molecular formula is C53H36N2. The van der Waals surface area contributed by atoms with Crippen LogP contribution in [0, 0.1) is 11.8 Å². The zero-order valence-corrected chi connectivity index (χ0v) is 30.2. The summed E-state index contributed by atoms with van der Waals surface area (Å²) >= 11 is 0. The Morgan fingerprint density at radius 3 is 1.95 bits per heavy atom. The highest BCUT2D eigenvalue weighted by atomic mass is 15.1. The van der Waals surface area contributed by atoms with Gasteiger partial charge in [0.15, 0.2) is 0 Å². The Morgan fingerprint density at radius 2 is 1.09 bits per heavy atom. The standard InChI is InChI=1S/C53H36N2/c1-2-16-44(17-3-1)55-50-21-11-10-20-49(50)54-53(55)38-26-22-37(23-27-38)41-30-31-47-48(34-41)52(43-29-25-36-13-5-7-15-40(36)33-43)46-19-9-8-18-45(46)51(47)42-28-24-35-12-4-6-14-39(35)32-42/h1-34,36,40H. The van der Waals surface area contributed by atoms with Crippen molar-refractivity contribution in [3.8, 4) is 39.3 Å². The quantitative estimate of drug-likeness (QED) is 0.163. The summed E-state index contributed by atoms with van der Waals surface area (Å²) in [6.07, 6.45) is 16.2. The Bertz CT molecular complexity index is 3080. The van der Waals surface area contributed by atoms with Gasteiger partial charge in [-0.25, -0.2) is 4.98 Å². The molecule has 2 atom stereocenters. The van der Waals surface area contributed by atoms with Crippen molar-refractivity contribution >= 4 is 48.9 Å². The molecule has 8 aromatic carbocycles. The maximum atomic E-state index is 5.12. The Morgan fingerprint density at radius 1 is 0.436 bits per heavy atom. The summed E-state index contributed by atoms with van der Waals surface area (Å²) in [4.78, 5) is 5.12. The number of fused-ring (bicyclic) bond motifs is 5. The Kier molecular flexibility index (Phi) is 7.34. The normalized spacial score (nSPS) is 16.3. The number of aromatic nitrogens is 2. The molecule has 2 aliphatic carbocycles. The number of rotatable bonds is 5. The van der Waals surface area contributed by atoms with Crippen LogP contribution < -0.4 is 0 Å². The highest BCUT2D eigenvalue weighted by Gasteiger charge is 2.23. The van der Waals surface area contributed by atoms with Gasteiger partial charge in [-0.2, -0.15) is 0 Å². The van der Waals surface area contributed by atoms with Gasteiger partial charge in [0.25, 0.3) is 0 Å². The monoisotopic (exact) mass is 700 g/mol. The summed E-state index contributed by atoms with van der Waals surface area (Å²) in [5, 5.41) is 7.57. The van der Waals surface area contributed by atoms with Crippen molar-refractivity contribution in [1.82, 2.24) is 9.55 Å². The van der Waals surface area contributed by atoms with E-state index < -0.39 is 0 Å². The molecule has 1 aromatic heterocycles. The SMILES string of the molecule is C1=CC2C=CC(c3c4ccccc4c(-c4ccc5ccccc5c4)c4ccc(-c5ccc(-c6nc7ccccc7n6-c6ccccc6)cc5)cc34)=CC2C=C1. The van der Waals surface area contributed by atoms with Gasteiger partial charge in [-0.15, -0.1) is 0 Å². The van der Waals surface area contributed by atoms with Crippen LogP contribution >= 0.6 is 0 Å². The van der Waals surface area contributed by atoms with E-state index in [1.807, 2.05) is 0 Å². The average Bonchev–Trinajstić information content (AvgIpc) is 3.65. The van der Waals surface area contributed by atoms with E-state index in [9.17, 15) is 0 Å². The van der Waals surface area contributed by atoms with Gasteiger partial charge < -0.3 is 0 Å². The predicted molar refractivity (Wildman–Crippen MR) is 232 cm³/mol. The molecule has 0 aliphatic heterocycles. The summed E-state index contributed by atoms with van der Waals surface area (Å²) in [6, 6.07) is 59.5. The zero-order valence-electron chi connectivity index (χ0n) is 30.2. The number of nitrogens with zero attached hydrogens (tertiary/aromatic N) is 2. The molecule has 0 saturated heterocycles. The van der Waals surface area contributed by atoms with E-state index in [0.717, 1.165) is 28.1 Å². The van der Waals surface area contributed by atoms with Crippen molar-refractivity contribution in [3.05, 3.63) is 212 Å². The Balaban J connectivity index is 1.11. The molecule has 0 N–H and O–H groups in total. The first-order chi connectivity index (χ1) is 27.3. The highest BCUT2D eigenvalue weighted by molar-refractivity contribution is 6.20. The molecule has 0 radical (unpaired) electrons. The van der Waals surface area contributed by atoms with Crippen LogP contribution in [0.4, 0.5) is 0 Å². The maximum Gasteiger partial charge on any atom is 0.145 e. The van der Waals surface area contributed by atoms with Crippen LogP contribution in [-0.4, -0.2) is 9.55 Å². The van der Waals surface area contributed by atoms with Crippen LogP contribution in [0.1, 0.15) is 5.56 Å². The van der Waals surface area contributed by atoms with Crippen LogP contribution in [0.2, 0.25) is 0 Å². The number of hydrogen-bond acceptors (Lipinski definition) is 1. The second-order valence-corrected chi connectivity index (χ2v) is 14.7. The summed E-state index contributed by atoms with van der Waals surface area (Å²) in [5.74, 6) is 1.68. The molecule has 0 fully saturated rings. The van der Waals surface area contributed by atoms with Gasteiger partial charge in [0, 0.05) is 23.1 Å². The van der Waals surface area contributed by atoms with E-state index in [-0.39, 0.29) is 0 Å². The third kappa shape index (κ3) is 5.29. The summed E-state index contributed by atoms with van der Waals surface area (Å²) < 4.78 is 2.26. The van der Waals surface area contributed by atoms with Gasteiger partial charge in [-0.3, -0.25) is 4.57 Å². The molecule has 2 unspecified atom stereocenters. The van der Waals surface area contributed by atoms with Crippen molar-refractivity contribution in [2.24, 2.45) is 11.8 Å². The fraction of sp³-hybridized carbons (Fsp3) is 0.0377. The van der Waals surface area contributed by atoms with Gasteiger partial charge in [0.1, 0.15) is 5.82 Å². The lowest BCUT2D eigenvalue weighted by Gasteiger charge is -2.25. The summed E-state index contributed by atoms with van der Waals surface area (Å²) in [7, 11) is 0. The Labute approximate surface area is 320 Å². The first-order valence-corrected chi connectivity index (χ1v) is 19.1. The first-order valence-electron chi connectivity index (χ1n) is 19.1. The van der Waals surface area contributed by atoms with Gasteiger partial charge in [-0.1, -0.05) is 170 Å². The van der Waals surface area contributed by atoms with E-state index in [4.69, 9.17) is 4.98 Å². The van der Waals surface area contributed by atoms with Gasteiger partial charge in [-0.05, 0) is 102 Å². The van der Waals surface area contributed by atoms with E-state index in [1.165, 1.54) is 65.7 Å². The topological polar surface area (TPSA) is 17.8 Å². The number of allylic oxidation sites excluding steroid dienone is 8. The van der Waals surface area contributed by atoms with Crippen molar-refractivity contribution in [2.45, 2.75) is 0 Å². The van der Waals surface area contributed by atoms with Crippen molar-refractivity contribution in [3.63, 3.8) is 0 Å². The molecule has 55 heavy (non-hydrogen) atoms. The van der Waals surface area contributed by atoms with Gasteiger partial charge in [0.2, 0.25) is 0 Å². The molecule has 1 heterocycles. The molecule has 2 aliphatic rings. The lowest BCUT2D eigenvalue weighted by molar-refractivity contribution is 0.663. The van der Waals surface area contributed by atoms with Crippen LogP contribution in [-0.2, 0) is 0 Å². The largest absolute Gasteiger partial charge is 0.292 e. The highest BCUT2D eigenvalue weighted by Crippen LogP contribution is 2.45. The molecule has 9 aromatic rings. The Hall–Kier alpha value is -7.03. The molecule has 11 rings (SSSR count). The van der Waals surface area contributed by atoms with Crippen LogP contribution in [0.15, 0.2) is 206 Å². The number of benzene rings is 8. The zero-order chi connectivity index (χ0) is 36.3. The van der Waals surface area contributed by atoms with Crippen molar-refractivity contribution in [1.29, 1.82) is 0 Å². The van der Waals surface area contributed by atoms with Gasteiger partial charge >= 0.3 is 0 Å². The number of para-hydroxylation sites is 3.